The number of nitrogens with zero attached hydrogens (tertiary/aromatic N) is 5. The average Bonchev–Trinajstić information content (AvgIpc) is 3.41. The summed E-state index contributed by atoms with van der Waals surface area (Å²) in [6.07, 6.45) is 1.68. The van der Waals surface area contributed by atoms with Crippen LogP contribution >= 0.6 is 0 Å². The lowest BCUT2D eigenvalue weighted by Gasteiger charge is -2.16. The second-order valence-corrected chi connectivity index (χ2v) is 7.04. The van der Waals surface area contributed by atoms with Gasteiger partial charge in [0.15, 0.2) is 0 Å². The first kappa shape index (κ1) is 18.8. The van der Waals surface area contributed by atoms with Crippen molar-refractivity contribution in [3.8, 4) is 11.6 Å². The average molecular weight is 398 g/mol. The van der Waals surface area contributed by atoms with Gasteiger partial charge in [-0.1, -0.05) is 5.10 Å². The first-order chi connectivity index (χ1) is 13.9. The van der Waals surface area contributed by atoms with Gasteiger partial charge in [0.25, 0.3) is 5.89 Å². The van der Waals surface area contributed by atoms with Crippen LogP contribution in [0, 0.1) is 11.7 Å². The van der Waals surface area contributed by atoms with Crippen molar-refractivity contribution < 1.29 is 18.4 Å². The number of carbonyl (C=O) groups is 2. The van der Waals surface area contributed by atoms with E-state index in [1.165, 1.54) is 29.2 Å². The van der Waals surface area contributed by atoms with Crippen molar-refractivity contribution in [2.75, 3.05) is 16.8 Å². The third kappa shape index (κ3) is 3.73. The zero-order valence-electron chi connectivity index (χ0n) is 15.9. The molecule has 0 aliphatic carbocycles. The van der Waals surface area contributed by atoms with Crippen LogP contribution < -0.4 is 10.2 Å². The van der Waals surface area contributed by atoms with Gasteiger partial charge in [-0.3, -0.25) is 19.6 Å². The normalized spacial score (nSPS) is 16.6. The highest BCUT2D eigenvalue weighted by Crippen LogP contribution is 2.27. The van der Waals surface area contributed by atoms with E-state index in [1.54, 1.807) is 16.9 Å². The van der Waals surface area contributed by atoms with Gasteiger partial charge in [-0.15, -0.1) is 5.10 Å². The van der Waals surface area contributed by atoms with E-state index in [0.29, 0.717) is 11.4 Å². The van der Waals surface area contributed by atoms with Crippen LogP contribution in [-0.4, -0.2) is 38.3 Å². The summed E-state index contributed by atoms with van der Waals surface area (Å²) >= 11 is 0. The molecular weight excluding hydrogens is 379 g/mol. The van der Waals surface area contributed by atoms with Crippen molar-refractivity contribution in [1.29, 1.82) is 0 Å². The quantitative estimate of drug-likeness (QED) is 0.708. The smallest absolute Gasteiger partial charge is 0.322 e. The molecule has 1 aliphatic heterocycles. The molecule has 3 aromatic rings. The van der Waals surface area contributed by atoms with Crippen LogP contribution in [0.5, 0.6) is 0 Å². The van der Waals surface area contributed by atoms with Gasteiger partial charge in [-0.05, 0) is 44.2 Å². The Morgan fingerprint density at radius 1 is 1.24 bits per heavy atom. The Hall–Kier alpha value is -3.56. The molecule has 0 saturated carbocycles. The summed E-state index contributed by atoms with van der Waals surface area (Å²) < 4.78 is 20.4. The Labute approximate surface area is 165 Å². The highest BCUT2D eigenvalue weighted by molar-refractivity contribution is 6.02. The minimum atomic E-state index is -0.580. The third-order valence-corrected chi connectivity index (χ3v) is 4.67. The summed E-state index contributed by atoms with van der Waals surface area (Å²) in [5, 5.41) is 14.6. The number of hydrogen-bond acceptors (Lipinski definition) is 6. The van der Waals surface area contributed by atoms with Crippen molar-refractivity contribution in [3.63, 3.8) is 0 Å². The van der Waals surface area contributed by atoms with Crippen molar-refractivity contribution in [2.24, 2.45) is 5.92 Å². The minimum Gasteiger partial charge on any atom is -0.401 e. The molecule has 1 N–H and O–H groups in total. The van der Waals surface area contributed by atoms with Gasteiger partial charge in [0.05, 0.1) is 5.92 Å². The second-order valence-electron chi connectivity index (χ2n) is 7.04. The summed E-state index contributed by atoms with van der Waals surface area (Å²) in [7, 11) is 0. The Morgan fingerprint density at radius 2 is 2.00 bits per heavy atom. The van der Waals surface area contributed by atoms with Gasteiger partial charge in [0.2, 0.25) is 11.8 Å². The number of anilines is 2. The molecule has 150 valence electrons. The molecule has 29 heavy (non-hydrogen) atoms. The molecule has 10 heteroatoms. The SMILES string of the molecule is CC(C)n1nccc1-c1nnc(NC(=O)[C@H]2CC(=O)N(c3ccc(F)cc3)C2)o1. The Balaban J connectivity index is 1.44. The van der Waals surface area contributed by atoms with Crippen LogP contribution in [0.2, 0.25) is 0 Å². The molecule has 1 fully saturated rings. The number of halogens is 1. The second kappa shape index (κ2) is 7.46. The fourth-order valence-electron chi connectivity index (χ4n) is 3.23. The van der Waals surface area contributed by atoms with Gasteiger partial charge in [-0.2, -0.15) is 5.10 Å². The number of rotatable bonds is 5. The molecule has 0 bridgehead atoms. The lowest BCUT2D eigenvalue weighted by Crippen LogP contribution is -2.28. The zero-order valence-corrected chi connectivity index (χ0v) is 15.9. The molecule has 3 heterocycles. The topological polar surface area (TPSA) is 106 Å². The fourth-order valence-corrected chi connectivity index (χ4v) is 3.23. The number of aromatic nitrogens is 4. The Kier molecular flexibility index (Phi) is 4.83. The lowest BCUT2D eigenvalue weighted by atomic mass is 10.1. The maximum atomic E-state index is 13.1. The molecule has 1 aliphatic rings. The van der Waals surface area contributed by atoms with Gasteiger partial charge in [0, 0.05) is 30.9 Å². The predicted molar refractivity (Wildman–Crippen MR) is 101 cm³/mol. The summed E-state index contributed by atoms with van der Waals surface area (Å²) in [6.45, 7) is 4.14. The molecule has 9 nitrogen and oxygen atoms in total. The van der Waals surface area contributed by atoms with Gasteiger partial charge in [0.1, 0.15) is 11.5 Å². The van der Waals surface area contributed by atoms with E-state index in [1.807, 2.05) is 13.8 Å². The number of amides is 2. The molecule has 1 aromatic carbocycles. The van der Waals surface area contributed by atoms with Crippen molar-refractivity contribution in [2.45, 2.75) is 26.3 Å². The van der Waals surface area contributed by atoms with Gasteiger partial charge >= 0.3 is 6.01 Å². The van der Waals surface area contributed by atoms with Gasteiger partial charge < -0.3 is 9.32 Å². The number of hydrogen-bond donors (Lipinski definition) is 1. The van der Waals surface area contributed by atoms with Crippen LogP contribution in [0.4, 0.5) is 16.1 Å². The molecule has 0 unspecified atom stereocenters. The molecule has 0 spiro atoms. The standard InChI is InChI=1S/C19H19FN6O3/c1-11(2)26-15(7-8-21-26)18-23-24-19(29-18)22-17(28)12-9-16(27)25(10-12)14-5-3-13(20)4-6-14/h3-8,11-12H,9-10H2,1-2H3,(H,22,24,28)/t12-/m0/s1. The van der Waals surface area contributed by atoms with E-state index in [4.69, 9.17) is 4.42 Å². The number of nitrogens with one attached hydrogen (secondary N) is 1. The summed E-state index contributed by atoms with van der Waals surface area (Å²) in [5.41, 5.74) is 1.19. The molecule has 4 rings (SSSR count). The maximum absolute atomic E-state index is 13.1. The van der Waals surface area contributed by atoms with Crippen molar-refractivity contribution in [1.82, 2.24) is 20.0 Å². The summed E-state index contributed by atoms with van der Waals surface area (Å²) in [6, 6.07) is 7.37. The molecule has 0 radical (unpaired) electrons. The molecular formula is C19H19FN6O3. The Morgan fingerprint density at radius 3 is 2.72 bits per heavy atom. The van der Waals surface area contributed by atoms with Crippen LogP contribution in [0.1, 0.15) is 26.3 Å². The summed E-state index contributed by atoms with van der Waals surface area (Å²) in [5.74, 6) is -1.33. The maximum Gasteiger partial charge on any atom is 0.322 e. The van der Waals surface area contributed by atoms with E-state index in [2.05, 4.69) is 20.6 Å². The molecule has 2 aromatic heterocycles. The predicted octanol–water partition coefficient (Wildman–Crippen LogP) is 2.64. The molecule has 2 amide bonds. The highest BCUT2D eigenvalue weighted by atomic mass is 19.1. The van der Waals surface area contributed by atoms with E-state index < -0.39 is 11.8 Å². The third-order valence-electron chi connectivity index (χ3n) is 4.67. The van der Waals surface area contributed by atoms with E-state index in [0.717, 1.165) is 0 Å². The van der Waals surface area contributed by atoms with Crippen LogP contribution in [-0.2, 0) is 9.59 Å². The number of carbonyl (C=O) groups excluding carboxylic acids is 2. The van der Waals surface area contributed by atoms with Crippen LogP contribution in [0.25, 0.3) is 11.6 Å². The minimum absolute atomic E-state index is 0.0460. The molecule has 1 atom stereocenters. The number of benzene rings is 1. The largest absolute Gasteiger partial charge is 0.401 e. The van der Waals surface area contributed by atoms with Crippen molar-refractivity contribution in [3.05, 3.63) is 42.3 Å². The lowest BCUT2D eigenvalue weighted by molar-refractivity contribution is -0.122. The highest BCUT2D eigenvalue weighted by Gasteiger charge is 2.35. The van der Waals surface area contributed by atoms with Gasteiger partial charge in [-0.25, -0.2) is 4.39 Å². The van der Waals surface area contributed by atoms with Crippen LogP contribution in [0.15, 0.2) is 40.9 Å². The van der Waals surface area contributed by atoms with Crippen LogP contribution in [0.3, 0.4) is 0 Å². The van der Waals surface area contributed by atoms with E-state index >= 15 is 0 Å². The molecule has 1 saturated heterocycles. The first-order valence-corrected chi connectivity index (χ1v) is 9.16. The Bertz CT molecular complexity index is 1040. The fraction of sp³-hybridized carbons (Fsp3) is 0.316. The van der Waals surface area contributed by atoms with E-state index in [9.17, 15) is 14.0 Å². The van der Waals surface area contributed by atoms with Crippen molar-refractivity contribution >= 4 is 23.5 Å². The first-order valence-electron chi connectivity index (χ1n) is 9.16. The zero-order chi connectivity index (χ0) is 20.5. The summed E-state index contributed by atoms with van der Waals surface area (Å²) in [4.78, 5) is 26.3. The van der Waals surface area contributed by atoms with E-state index in [-0.39, 0.29) is 42.6 Å². The monoisotopic (exact) mass is 398 g/mol.